The second-order valence-electron chi connectivity index (χ2n) is 9.49. The Hall–Kier alpha value is -2.73. The summed E-state index contributed by atoms with van der Waals surface area (Å²) in [7, 11) is 0. The van der Waals surface area contributed by atoms with Gasteiger partial charge in [0.05, 0.1) is 5.56 Å². The van der Waals surface area contributed by atoms with Crippen molar-refractivity contribution in [2.75, 3.05) is 24.5 Å². The summed E-state index contributed by atoms with van der Waals surface area (Å²) in [5.74, 6) is -0.266. The lowest BCUT2D eigenvalue weighted by atomic mass is 10.0. The smallest absolute Gasteiger partial charge is 0.335 e. The first-order chi connectivity index (χ1) is 16.1. The number of carbonyl (C=O) groups is 2. The Morgan fingerprint density at radius 1 is 0.879 bits per heavy atom. The molecule has 0 saturated heterocycles. The van der Waals surface area contributed by atoms with E-state index in [2.05, 4.69) is 9.88 Å². The molecule has 1 fully saturated rings. The lowest BCUT2D eigenvalue weighted by molar-refractivity contribution is 0.0696. The largest absolute Gasteiger partial charge is 0.478 e. The minimum Gasteiger partial charge on any atom is -0.478 e. The molecule has 0 unspecified atom stereocenters. The number of aromatic carboxylic acids is 1. The summed E-state index contributed by atoms with van der Waals surface area (Å²) in [4.78, 5) is 33.7. The van der Waals surface area contributed by atoms with Crippen LogP contribution in [0.3, 0.4) is 0 Å². The number of carbonyl (C=O) groups excluding carboxylic acids is 1. The molecule has 1 aliphatic carbocycles. The van der Waals surface area contributed by atoms with Crippen LogP contribution in [0.5, 0.6) is 0 Å². The monoisotopic (exact) mass is 449 g/mol. The molecule has 33 heavy (non-hydrogen) atoms. The number of anilines is 1. The second-order valence-corrected chi connectivity index (χ2v) is 9.49. The van der Waals surface area contributed by atoms with Crippen LogP contribution in [0.15, 0.2) is 42.7 Å². The first-order valence-electron chi connectivity index (χ1n) is 12.4. The molecule has 1 saturated carbocycles. The maximum absolute atomic E-state index is 13.5. The molecule has 4 rings (SSSR count). The summed E-state index contributed by atoms with van der Waals surface area (Å²) in [5.41, 5.74) is 2.64. The number of amides is 1. The van der Waals surface area contributed by atoms with Gasteiger partial charge < -0.3 is 10.0 Å². The summed E-state index contributed by atoms with van der Waals surface area (Å²) in [6, 6.07) is 8.72. The molecule has 0 radical (unpaired) electrons. The van der Waals surface area contributed by atoms with E-state index in [1.165, 1.54) is 44.9 Å². The molecule has 2 heterocycles. The Morgan fingerprint density at radius 2 is 1.58 bits per heavy atom. The van der Waals surface area contributed by atoms with Gasteiger partial charge in [-0.05, 0) is 74.0 Å². The van der Waals surface area contributed by atoms with E-state index in [9.17, 15) is 14.7 Å². The van der Waals surface area contributed by atoms with E-state index in [1.807, 2.05) is 11.0 Å². The van der Waals surface area contributed by atoms with Gasteiger partial charge in [0.25, 0.3) is 5.91 Å². The molecule has 1 aromatic heterocycles. The fraction of sp³-hybridized carbons (Fsp3) is 0.519. The highest BCUT2D eigenvalue weighted by molar-refractivity contribution is 6.06. The van der Waals surface area contributed by atoms with Crippen LogP contribution >= 0.6 is 0 Å². The van der Waals surface area contributed by atoms with Crippen molar-refractivity contribution in [3.63, 3.8) is 0 Å². The number of hydrogen-bond acceptors (Lipinski definition) is 4. The highest BCUT2D eigenvalue weighted by atomic mass is 16.4. The predicted molar refractivity (Wildman–Crippen MR) is 130 cm³/mol. The standard InChI is InChI=1S/C27H35N3O3/c31-26(22-12-14-28-15-13-22)30-17-7-3-1-2-6-16-29(19-21-8-4-5-9-21)20-24-18-23(27(32)33)10-11-25(24)30/h10-15,18,21H,1-9,16-17,19-20H2,(H,32,33). The number of hydrogen-bond donors (Lipinski definition) is 1. The fourth-order valence-electron chi connectivity index (χ4n) is 5.26. The summed E-state index contributed by atoms with van der Waals surface area (Å²) in [6.07, 6.45) is 14.0. The van der Waals surface area contributed by atoms with Crippen molar-refractivity contribution in [2.45, 2.75) is 64.3 Å². The van der Waals surface area contributed by atoms with Crippen LogP contribution in [0.2, 0.25) is 0 Å². The van der Waals surface area contributed by atoms with Crippen molar-refractivity contribution in [1.29, 1.82) is 0 Å². The average Bonchev–Trinajstić information content (AvgIpc) is 3.33. The number of carboxylic acid groups (broad SMARTS) is 1. The van der Waals surface area contributed by atoms with Gasteiger partial charge >= 0.3 is 5.97 Å². The van der Waals surface area contributed by atoms with Crippen molar-refractivity contribution in [2.24, 2.45) is 5.92 Å². The molecule has 2 aliphatic rings. The number of rotatable bonds is 4. The molecule has 1 N–H and O–H groups in total. The zero-order valence-electron chi connectivity index (χ0n) is 19.4. The molecule has 6 heteroatoms. The van der Waals surface area contributed by atoms with E-state index in [-0.39, 0.29) is 11.5 Å². The maximum atomic E-state index is 13.5. The van der Waals surface area contributed by atoms with Gasteiger partial charge in [0.15, 0.2) is 0 Å². The van der Waals surface area contributed by atoms with Crippen LogP contribution in [0.1, 0.15) is 84.1 Å². The van der Waals surface area contributed by atoms with Gasteiger partial charge in [-0.2, -0.15) is 0 Å². The third kappa shape index (κ3) is 6.20. The Kier molecular flexibility index (Phi) is 8.10. The quantitative estimate of drug-likeness (QED) is 0.678. The molecule has 0 bridgehead atoms. The molecule has 1 amide bonds. The molecule has 1 aromatic carbocycles. The van der Waals surface area contributed by atoms with Crippen molar-refractivity contribution >= 4 is 17.6 Å². The maximum Gasteiger partial charge on any atom is 0.335 e. The lowest BCUT2D eigenvalue weighted by Crippen LogP contribution is -2.35. The van der Waals surface area contributed by atoms with Crippen LogP contribution < -0.4 is 4.90 Å². The molecule has 2 aromatic rings. The Bertz CT molecular complexity index is 941. The molecule has 176 valence electrons. The number of nitrogens with zero attached hydrogens (tertiary/aromatic N) is 3. The minimum absolute atomic E-state index is 0.0545. The zero-order chi connectivity index (χ0) is 23.0. The van der Waals surface area contributed by atoms with Crippen LogP contribution in [0.4, 0.5) is 5.69 Å². The second kappa shape index (κ2) is 11.4. The SMILES string of the molecule is O=C(O)c1ccc2c(c1)CN(CC1CCCC1)CCCCCCCN2C(=O)c1ccncc1. The lowest BCUT2D eigenvalue weighted by Gasteiger charge is -2.31. The highest BCUT2D eigenvalue weighted by Crippen LogP contribution is 2.30. The van der Waals surface area contributed by atoms with E-state index >= 15 is 0 Å². The van der Waals surface area contributed by atoms with Crippen LogP contribution in [-0.2, 0) is 6.54 Å². The molecular formula is C27H35N3O3. The minimum atomic E-state index is -0.932. The van der Waals surface area contributed by atoms with E-state index < -0.39 is 5.97 Å². The number of benzene rings is 1. The normalized spacial score (nSPS) is 18.8. The Morgan fingerprint density at radius 3 is 2.30 bits per heavy atom. The number of fused-ring (bicyclic) bond motifs is 1. The van der Waals surface area contributed by atoms with Gasteiger partial charge in [-0.3, -0.25) is 14.7 Å². The third-order valence-corrected chi connectivity index (χ3v) is 7.03. The molecule has 0 spiro atoms. The Balaban J connectivity index is 1.70. The van der Waals surface area contributed by atoms with E-state index in [0.29, 0.717) is 18.7 Å². The summed E-state index contributed by atoms with van der Waals surface area (Å²) >= 11 is 0. The van der Waals surface area contributed by atoms with Gasteiger partial charge in [0.2, 0.25) is 0 Å². The van der Waals surface area contributed by atoms with Crippen molar-refractivity contribution < 1.29 is 14.7 Å². The first-order valence-corrected chi connectivity index (χ1v) is 12.4. The topological polar surface area (TPSA) is 73.7 Å². The number of pyridine rings is 1. The molecule has 0 atom stereocenters. The molecule has 6 nitrogen and oxygen atoms in total. The van der Waals surface area contributed by atoms with Gasteiger partial charge in [-0.15, -0.1) is 0 Å². The van der Waals surface area contributed by atoms with Crippen LogP contribution in [-0.4, -0.2) is 46.5 Å². The number of aromatic nitrogens is 1. The highest BCUT2D eigenvalue weighted by Gasteiger charge is 2.24. The number of carboxylic acids is 1. The first kappa shape index (κ1) is 23.4. The zero-order valence-corrected chi connectivity index (χ0v) is 19.4. The van der Waals surface area contributed by atoms with Gasteiger partial charge in [-0.1, -0.05) is 32.1 Å². The van der Waals surface area contributed by atoms with Crippen LogP contribution in [0, 0.1) is 5.92 Å². The van der Waals surface area contributed by atoms with Crippen molar-refractivity contribution in [3.8, 4) is 0 Å². The predicted octanol–water partition coefficient (Wildman–Crippen LogP) is 5.38. The van der Waals surface area contributed by atoms with Crippen molar-refractivity contribution in [3.05, 3.63) is 59.4 Å². The van der Waals surface area contributed by atoms with Crippen LogP contribution in [0.25, 0.3) is 0 Å². The molecule has 1 aliphatic heterocycles. The Labute approximate surface area is 196 Å². The van der Waals surface area contributed by atoms with Gasteiger partial charge in [0, 0.05) is 43.3 Å². The van der Waals surface area contributed by atoms with E-state index in [0.717, 1.165) is 43.1 Å². The van der Waals surface area contributed by atoms with Gasteiger partial charge in [0.1, 0.15) is 0 Å². The van der Waals surface area contributed by atoms with E-state index in [4.69, 9.17) is 0 Å². The van der Waals surface area contributed by atoms with Gasteiger partial charge in [-0.25, -0.2) is 4.79 Å². The fourth-order valence-corrected chi connectivity index (χ4v) is 5.26. The summed E-state index contributed by atoms with van der Waals surface area (Å²) in [6.45, 7) is 3.37. The third-order valence-electron chi connectivity index (χ3n) is 7.03. The van der Waals surface area contributed by atoms with Crippen molar-refractivity contribution in [1.82, 2.24) is 9.88 Å². The summed E-state index contributed by atoms with van der Waals surface area (Å²) in [5, 5.41) is 9.64. The van der Waals surface area contributed by atoms with E-state index in [1.54, 1.807) is 36.7 Å². The summed E-state index contributed by atoms with van der Waals surface area (Å²) < 4.78 is 0. The molecular weight excluding hydrogens is 414 g/mol. The average molecular weight is 450 g/mol.